The Morgan fingerprint density at radius 1 is 0.945 bits per heavy atom. The summed E-state index contributed by atoms with van der Waals surface area (Å²) in [5.74, 6) is -5.37. The van der Waals surface area contributed by atoms with Crippen LogP contribution in [-0.4, -0.2) is 179 Å². The highest BCUT2D eigenvalue weighted by molar-refractivity contribution is 8.00. The number of Topliss-reactive ketones (excluding diaryl/α,β-unsaturated/α-hetero) is 1. The minimum atomic E-state index is -1.46. The maximum atomic E-state index is 15.3. The van der Waals surface area contributed by atoms with Gasteiger partial charge in [-0.3, -0.25) is 19.3 Å². The number of likely N-dealkylation sites (N-methyl/N-ethyl adjacent to an activating group) is 1. The van der Waals surface area contributed by atoms with Crippen LogP contribution in [-0.2, 0) is 68.3 Å². The number of ether oxygens (including phenoxy) is 10. The number of pyridine rings is 1. The standard InChI is InChI=1S/C52H83N5O15S/c1-17-34-52(11)36(42(48(62)72-52)73-20-19-57-25-55-37-38(57)32(24-54-45(37)53)47(61)66-18-2)28(5)40(58)26(3)22-51(10,65-16)44(71-49-39(56(12)13)33(63-14)21-27(4)67-49)29(6)41(30(7)46(60)69-34)70-35-23-50(9,64-15)43(59)31(8)68-35/h24-31,33-36,39,41-44,49,59H,17-23H2,1-16H3,(H2,53,54)/t26-,27-,28-,29+,30-,31+,33-,34-,35+,36+,39+,41+,42?,43+,44-,49+,50-,51-,52-/m1/s1. The van der Waals surface area contributed by atoms with E-state index in [2.05, 4.69) is 9.97 Å². The van der Waals surface area contributed by atoms with Crippen molar-refractivity contribution in [2.75, 3.05) is 53.5 Å². The zero-order chi connectivity index (χ0) is 54.1. The molecule has 0 aliphatic carbocycles. The molecule has 0 saturated carbocycles. The Morgan fingerprint density at radius 2 is 1.63 bits per heavy atom. The van der Waals surface area contributed by atoms with Crippen LogP contribution in [0, 0.1) is 29.6 Å². The van der Waals surface area contributed by atoms with Crippen LogP contribution < -0.4 is 5.73 Å². The largest absolute Gasteiger partial charge is 0.462 e. The van der Waals surface area contributed by atoms with Gasteiger partial charge in [0, 0.05) is 76.3 Å². The number of carbonyl (C=O) groups is 4. The predicted octanol–water partition coefficient (Wildman–Crippen LogP) is 5.22. The Morgan fingerprint density at radius 3 is 2.25 bits per heavy atom. The van der Waals surface area contributed by atoms with Crippen LogP contribution in [0.5, 0.6) is 0 Å². The lowest BCUT2D eigenvalue weighted by Gasteiger charge is -2.50. The number of rotatable bonds is 15. The van der Waals surface area contributed by atoms with Gasteiger partial charge >= 0.3 is 17.9 Å². The number of hydrogen-bond donors (Lipinski definition) is 2. The average molecular weight is 1050 g/mol. The van der Waals surface area contributed by atoms with Crippen LogP contribution in [0.15, 0.2) is 12.5 Å². The number of methoxy groups -OCH3 is 3. The van der Waals surface area contributed by atoms with E-state index in [1.807, 2.05) is 60.5 Å². The topological polar surface area (TPSA) is 241 Å². The molecule has 0 bridgehead atoms. The van der Waals surface area contributed by atoms with E-state index in [1.54, 1.807) is 59.7 Å². The first-order valence-corrected chi connectivity index (χ1v) is 26.8. The van der Waals surface area contributed by atoms with E-state index in [-0.39, 0.29) is 67.8 Å². The molecule has 19 atom stereocenters. The summed E-state index contributed by atoms with van der Waals surface area (Å²) in [6, 6.07) is -0.366. The maximum absolute atomic E-state index is 15.3. The van der Waals surface area contributed by atoms with Crippen molar-refractivity contribution >= 4 is 52.3 Å². The van der Waals surface area contributed by atoms with Gasteiger partial charge in [-0.05, 0) is 75.4 Å². The molecule has 0 radical (unpaired) electrons. The van der Waals surface area contributed by atoms with Crippen LogP contribution in [0.1, 0.15) is 112 Å². The molecule has 412 valence electrons. The third kappa shape index (κ3) is 11.8. The quantitative estimate of drug-likeness (QED) is 0.172. The van der Waals surface area contributed by atoms with Crippen molar-refractivity contribution in [3.63, 3.8) is 0 Å². The van der Waals surface area contributed by atoms with Crippen molar-refractivity contribution in [3.8, 4) is 0 Å². The van der Waals surface area contributed by atoms with E-state index in [1.165, 1.54) is 25.1 Å². The lowest BCUT2D eigenvalue weighted by atomic mass is 9.70. The van der Waals surface area contributed by atoms with Gasteiger partial charge in [0.05, 0.1) is 72.1 Å². The number of aryl methyl sites for hydroxylation is 1. The van der Waals surface area contributed by atoms with E-state index in [0.29, 0.717) is 23.2 Å². The number of thioether (sulfide) groups is 1. The summed E-state index contributed by atoms with van der Waals surface area (Å²) in [5, 5.41) is 10.3. The van der Waals surface area contributed by atoms with Gasteiger partial charge in [-0.15, -0.1) is 11.8 Å². The molecule has 73 heavy (non-hydrogen) atoms. The van der Waals surface area contributed by atoms with Crippen molar-refractivity contribution in [2.24, 2.45) is 29.6 Å². The number of nitrogens with zero attached hydrogens (tertiary/aromatic N) is 4. The number of nitrogens with two attached hydrogens (primary N) is 1. The van der Waals surface area contributed by atoms with E-state index in [9.17, 15) is 14.7 Å². The van der Waals surface area contributed by atoms with E-state index in [0.717, 1.165) is 0 Å². The van der Waals surface area contributed by atoms with Crippen LogP contribution in [0.25, 0.3) is 11.0 Å². The summed E-state index contributed by atoms with van der Waals surface area (Å²) in [4.78, 5) is 68.5. The Labute approximate surface area is 435 Å². The lowest BCUT2D eigenvalue weighted by Crippen LogP contribution is -2.62. The minimum Gasteiger partial charge on any atom is -0.462 e. The highest BCUT2D eigenvalue weighted by Crippen LogP contribution is 2.50. The highest BCUT2D eigenvalue weighted by atomic mass is 32.2. The van der Waals surface area contributed by atoms with Gasteiger partial charge in [-0.1, -0.05) is 27.7 Å². The van der Waals surface area contributed by atoms with Gasteiger partial charge in [0.25, 0.3) is 0 Å². The number of cyclic esters (lactones) is 1. The van der Waals surface area contributed by atoms with E-state index >= 15 is 9.59 Å². The SMILES string of the molecule is CCOC(=O)c1cnc(N)c2ncn(CCSC3C(=O)O[C@@]4(C)[C@H]3[C@@H](C)C(=O)[C@H](C)C[C@@](C)(OC)[C@H](O[C@@H]3O[C@H](C)C[C@@H](OC)[C@@H]3N(C)C)[C@@H](C)[C@H](O[C@H]3C[C@@](C)(OC)[C@@H](O)[C@H](C)O3)[C@@H](C)C(=O)O[C@@H]4CC)c12. The van der Waals surface area contributed by atoms with Crippen LogP contribution in [0.3, 0.4) is 0 Å². The lowest BCUT2D eigenvalue weighted by molar-refractivity contribution is -0.316. The molecule has 3 N–H and O–H groups in total. The van der Waals surface area contributed by atoms with Gasteiger partial charge in [0.15, 0.2) is 24.0 Å². The molecule has 21 heteroatoms. The smallest absolute Gasteiger partial charge is 0.341 e. The van der Waals surface area contributed by atoms with Crippen molar-refractivity contribution in [1.29, 1.82) is 0 Å². The summed E-state index contributed by atoms with van der Waals surface area (Å²) >= 11 is 1.31. The van der Waals surface area contributed by atoms with Crippen LogP contribution in [0.2, 0.25) is 0 Å². The second-order valence-corrected chi connectivity index (χ2v) is 22.8. The average Bonchev–Trinajstić information content (AvgIpc) is 3.89. The molecule has 4 aliphatic heterocycles. The Bertz CT molecular complexity index is 2250. The number of aromatic nitrogens is 3. The van der Waals surface area contributed by atoms with Gasteiger partial charge in [-0.25, -0.2) is 14.8 Å². The minimum absolute atomic E-state index is 0.124. The maximum Gasteiger partial charge on any atom is 0.341 e. The molecular formula is C52H83N5O15S. The Kier molecular flexibility index (Phi) is 19.2. The van der Waals surface area contributed by atoms with E-state index < -0.39 is 113 Å². The number of aliphatic hydroxyl groups excluding tert-OH is 1. The fourth-order valence-electron chi connectivity index (χ4n) is 12.1. The predicted molar refractivity (Wildman–Crippen MR) is 271 cm³/mol. The third-order valence-corrected chi connectivity index (χ3v) is 17.5. The molecular weight excluding hydrogens is 967 g/mol. The molecule has 6 heterocycles. The number of anilines is 1. The first kappa shape index (κ1) is 58.7. The van der Waals surface area contributed by atoms with Crippen molar-refractivity contribution in [1.82, 2.24) is 19.4 Å². The summed E-state index contributed by atoms with van der Waals surface area (Å²) in [7, 11) is 8.64. The van der Waals surface area contributed by atoms with Gasteiger partial charge in [0.1, 0.15) is 34.3 Å². The summed E-state index contributed by atoms with van der Waals surface area (Å²) in [6.45, 7) is 20.5. The fraction of sp³-hybridized carbons (Fsp3) is 0.808. The van der Waals surface area contributed by atoms with Crippen molar-refractivity contribution < 1.29 is 71.7 Å². The normalized spacial score (nSPS) is 40.0. The zero-order valence-corrected chi connectivity index (χ0v) is 46.6. The van der Waals surface area contributed by atoms with Crippen molar-refractivity contribution in [3.05, 3.63) is 18.1 Å². The van der Waals surface area contributed by atoms with Crippen molar-refractivity contribution in [2.45, 2.75) is 192 Å². The van der Waals surface area contributed by atoms with Gasteiger partial charge < -0.3 is 62.8 Å². The molecule has 0 amide bonds. The number of nitrogen functional groups attached to an aromatic ring is 1. The monoisotopic (exact) mass is 1050 g/mol. The van der Waals surface area contributed by atoms with E-state index in [4.69, 9.17) is 53.1 Å². The highest BCUT2D eigenvalue weighted by Gasteiger charge is 2.62. The Hall–Kier alpha value is -3.51. The second-order valence-electron chi connectivity index (χ2n) is 21.5. The van der Waals surface area contributed by atoms with Crippen LogP contribution >= 0.6 is 11.8 Å². The molecule has 4 aliphatic rings. The fourth-order valence-corrected chi connectivity index (χ4v) is 13.5. The molecule has 20 nitrogen and oxygen atoms in total. The number of esters is 3. The molecule has 6 rings (SSSR count). The van der Waals surface area contributed by atoms with Gasteiger partial charge in [0.2, 0.25) is 0 Å². The molecule has 0 spiro atoms. The summed E-state index contributed by atoms with van der Waals surface area (Å²) in [5.41, 5.74) is 3.42. The second kappa shape index (κ2) is 23.8. The first-order chi connectivity index (χ1) is 34.3. The summed E-state index contributed by atoms with van der Waals surface area (Å²) in [6.07, 6.45) is -2.83. The zero-order valence-electron chi connectivity index (χ0n) is 45.8. The van der Waals surface area contributed by atoms with Crippen LogP contribution in [0.4, 0.5) is 5.82 Å². The molecule has 2 aromatic heterocycles. The van der Waals surface area contributed by atoms with Gasteiger partial charge in [-0.2, -0.15) is 0 Å². The number of aliphatic hydroxyl groups is 1. The molecule has 2 aromatic rings. The first-order valence-electron chi connectivity index (χ1n) is 25.8. The molecule has 0 aromatic carbocycles. The number of fused-ring (bicyclic) bond motifs is 2. The Balaban J connectivity index is 1.42. The number of hydrogen-bond acceptors (Lipinski definition) is 20. The number of imidazole rings is 1. The summed E-state index contributed by atoms with van der Waals surface area (Å²) < 4.78 is 65.7. The molecule has 4 fully saturated rings. The molecule has 4 saturated heterocycles. The third-order valence-electron chi connectivity index (χ3n) is 16.3. The number of carbonyl (C=O) groups excluding carboxylic acids is 4. The number of ketones is 1. The molecule has 1 unspecified atom stereocenters.